The predicted octanol–water partition coefficient (Wildman–Crippen LogP) is 2.59. The fourth-order valence-corrected chi connectivity index (χ4v) is 4.40. The van der Waals surface area contributed by atoms with Crippen molar-refractivity contribution in [1.29, 1.82) is 5.26 Å². The number of nitriles is 1. The van der Waals surface area contributed by atoms with E-state index in [9.17, 15) is 4.79 Å². The van der Waals surface area contributed by atoms with Gasteiger partial charge in [-0.2, -0.15) is 5.26 Å². The van der Waals surface area contributed by atoms with Crippen molar-refractivity contribution in [3.05, 3.63) is 65.5 Å². The van der Waals surface area contributed by atoms with Gasteiger partial charge in [-0.1, -0.05) is 18.2 Å². The molecule has 3 heterocycles. The quantitative estimate of drug-likeness (QED) is 0.927. The van der Waals surface area contributed by atoms with Crippen LogP contribution in [-0.4, -0.2) is 34.4 Å². The molecule has 2 aromatic rings. The first-order valence-corrected chi connectivity index (χ1v) is 9.11. The van der Waals surface area contributed by atoms with E-state index in [0.717, 1.165) is 38.0 Å². The summed E-state index contributed by atoms with van der Waals surface area (Å²) in [5.41, 5.74) is 2.88. The molecule has 0 saturated carbocycles. The van der Waals surface area contributed by atoms with Crippen molar-refractivity contribution >= 4 is 5.91 Å². The number of piperidine rings is 1. The van der Waals surface area contributed by atoms with Crippen LogP contribution in [0.1, 0.15) is 41.9 Å². The minimum Gasteiger partial charge on any atom is -0.350 e. The number of amides is 1. The number of aromatic nitrogens is 1. The van der Waals surface area contributed by atoms with Gasteiger partial charge >= 0.3 is 0 Å². The number of pyridine rings is 1. The van der Waals surface area contributed by atoms with Crippen LogP contribution in [0.5, 0.6) is 0 Å². The Kier molecular flexibility index (Phi) is 4.44. The topological polar surface area (TPSA) is 69.0 Å². The lowest BCUT2D eigenvalue weighted by Crippen LogP contribution is -2.53. The number of nitrogens with zero attached hydrogens (tertiary/aromatic N) is 3. The molecule has 0 radical (unpaired) electrons. The van der Waals surface area contributed by atoms with Crippen LogP contribution in [-0.2, 0) is 11.3 Å². The smallest absolute Gasteiger partial charge is 0.221 e. The summed E-state index contributed by atoms with van der Waals surface area (Å²) in [6.45, 7) is 2.72. The van der Waals surface area contributed by atoms with E-state index >= 15 is 0 Å². The van der Waals surface area contributed by atoms with Crippen LogP contribution in [0, 0.1) is 11.3 Å². The number of nitrogens with one attached hydrogen (secondary N) is 1. The lowest BCUT2D eigenvalue weighted by atomic mass is 9.74. The van der Waals surface area contributed by atoms with Gasteiger partial charge in [-0.3, -0.25) is 14.7 Å². The summed E-state index contributed by atoms with van der Waals surface area (Å²) in [7, 11) is 0. The van der Waals surface area contributed by atoms with E-state index < -0.39 is 0 Å². The van der Waals surface area contributed by atoms with E-state index in [2.05, 4.69) is 33.4 Å². The van der Waals surface area contributed by atoms with Crippen molar-refractivity contribution in [2.45, 2.75) is 37.3 Å². The van der Waals surface area contributed by atoms with Crippen LogP contribution >= 0.6 is 0 Å². The molecule has 2 fully saturated rings. The summed E-state index contributed by atoms with van der Waals surface area (Å²) in [5, 5.41) is 12.3. The van der Waals surface area contributed by atoms with Crippen LogP contribution in [0.4, 0.5) is 0 Å². The van der Waals surface area contributed by atoms with Gasteiger partial charge in [-0.25, -0.2) is 0 Å². The summed E-state index contributed by atoms with van der Waals surface area (Å²) in [6.07, 6.45) is 6.10. The van der Waals surface area contributed by atoms with Crippen LogP contribution in [0.15, 0.2) is 48.8 Å². The number of carbonyl (C=O) groups is 1. The lowest BCUT2D eigenvalue weighted by Gasteiger charge is -2.43. The zero-order valence-corrected chi connectivity index (χ0v) is 14.7. The largest absolute Gasteiger partial charge is 0.350 e. The molecule has 1 aromatic heterocycles. The molecule has 1 amide bonds. The lowest BCUT2D eigenvalue weighted by molar-refractivity contribution is -0.120. The normalized spacial score (nSPS) is 22.1. The maximum absolute atomic E-state index is 12.2. The molecule has 1 atom stereocenters. The van der Waals surface area contributed by atoms with Crippen molar-refractivity contribution < 1.29 is 4.79 Å². The van der Waals surface area contributed by atoms with Gasteiger partial charge in [0.15, 0.2) is 0 Å². The third kappa shape index (κ3) is 3.21. The molecule has 2 aliphatic rings. The number of carbonyl (C=O) groups excluding carboxylic acids is 1. The molecule has 2 aliphatic heterocycles. The minimum atomic E-state index is -0.148. The maximum Gasteiger partial charge on any atom is 0.221 e. The van der Waals surface area contributed by atoms with Crippen molar-refractivity contribution in [3.63, 3.8) is 0 Å². The highest BCUT2D eigenvalue weighted by Crippen LogP contribution is 2.43. The Balaban J connectivity index is 1.46. The number of likely N-dealkylation sites (tertiary alicyclic amines) is 1. The second-order valence-corrected chi connectivity index (χ2v) is 7.34. The van der Waals surface area contributed by atoms with Gasteiger partial charge in [0.2, 0.25) is 5.91 Å². The van der Waals surface area contributed by atoms with Gasteiger partial charge in [0, 0.05) is 49.9 Å². The summed E-state index contributed by atoms with van der Waals surface area (Å²) >= 11 is 0. The molecule has 0 bridgehead atoms. The van der Waals surface area contributed by atoms with Crippen molar-refractivity contribution in [1.82, 2.24) is 15.2 Å². The Bertz CT molecular complexity index is 835. The monoisotopic (exact) mass is 346 g/mol. The number of hydrogen-bond donors (Lipinski definition) is 1. The zero-order valence-electron chi connectivity index (χ0n) is 14.7. The van der Waals surface area contributed by atoms with Gasteiger partial charge in [0.25, 0.3) is 0 Å². The van der Waals surface area contributed by atoms with Crippen LogP contribution in [0.2, 0.25) is 0 Å². The molecule has 1 N–H and O–H groups in total. The van der Waals surface area contributed by atoms with E-state index in [1.807, 2.05) is 30.5 Å². The Morgan fingerprint density at radius 1 is 1.27 bits per heavy atom. The Morgan fingerprint density at radius 3 is 2.85 bits per heavy atom. The molecule has 0 aliphatic carbocycles. The van der Waals surface area contributed by atoms with Crippen LogP contribution in [0.3, 0.4) is 0 Å². The van der Waals surface area contributed by atoms with E-state index in [1.165, 1.54) is 5.56 Å². The van der Waals surface area contributed by atoms with E-state index in [-0.39, 0.29) is 17.4 Å². The second kappa shape index (κ2) is 6.89. The minimum absolute atomic E-state index is 0.147. The molecule has 1 spiro atoms. The summed E-state index contributed by atoms with van der Waals surface area (Å²) in [6, 6.07) is 14.0. The number of benzene rings is 1. The highest BCUT2D eigenvalue weighted by molar-refractivity contribution is 5.81. The highest BCUT2D eigenvalue weighted by atomic mass is 16.2. The van der Waals surface area contributed by atoms with Crippen molar-refractivity contribution in [3.8, 4) is 6.07 Å². The molecule has 132 valence electrons. The summed E-state index contributed by atoms with van der Waals surface area (Å²) in [4.78, 5) is 18.8. The van der Waals surface area contributed by atoms with Gasteiger partial charge in [0.05, 0.1) is 11.6 Å². The van der Waals surface area contributed by atoms with Crippen LogP contribution < -0.4 is 5.32 Å². The van der Waals surface area contributed by atoms with E-state index in [1.54, 1.807) is 6.20 Å². The Hall–Kier alpha value is -2.71. The van der Waals surface area contributed by atoms with Gasteiger partial charge in [0.1, 0.15) is 0 Å². The molecule has 5 nitrogen and oxygen atoms in total. The van der Waals surface area contributed by atoms with Gasteiger partial charge < -0.3 is 5.32 Å². The predicted molar refractivity (Wildman–Crippen MR) is 98.1 cm³/mol. The van der Waals surface area contributed by atoms with Crippen LogP contribution in [0.25, 0.3) is 0 Å². The van der Waals surface area contributed by atoms with Crippen molar-refractivity contribution in [2.75, 3.05) is 13.1 Å². The molecule has 5 heteroatoms. The molecular formula is C21H22N4O. The molecule has 4 rings (SSSR count). The van der Waals surface area contributed by atoms with E-state index in [4.69, 9.17) is 5.26 Å². The third-order valence-corrected chi connectivity index (χ3v) is 5.74. The average Bonchev–Trinajstić information content (AvgIpc) is 3.00. The second-order valence-electron chi connectivity index (χ2n) is 7.34. The highest BCUT2D eigenvalue weighted by Gasteiger charge is 2.48. The Morgan fingerprint density at radius 2 is 2.12 bits per heavy atom. The molecule has 26 heavy (non-hydrogen) atoms. The van der Waals surface area contributed by atoms with E-state index in [0.29, 0.717) is 12.0 Å². The summed E-state index contributed by atoms with van der Waals surface area (Å²) in [5.74, 6) is 0.349. The fraction of sp³-hybridized carbons (Fsp3) is 0.381. The molecule has 1 unspecified atom stereocenters. The third-order valence-electron chi connectivity index (χ3n) is 5.74. The molecular weight excluding hydrogens is 324 g/mol. The SMILES string of the molecule is N#Cc1cccc(CN2CCC3(CC2)NC(=O)CC3c2cccnc2)c1. The van der Waals surface area contributed by atoms with Gasteiger partial charge in [-0.05, 0) is 42.2 Å². The summed E-state index contributed by atoms with van der Waals surface area (Å²) < 4.78 is 0. The maximum atomic E-state index is 12.2. The number of hydrogen-bond acceptors (Lipinski definition) is 4. The Labute approximate surface area is 153 Å². The first-order chi connectivity index (χ1) is 12.7. The number of rotatable bonds is 3. The standard InChI is InChI=1S/C21H22N4O/c22-13-16-3-1-4-17(11-16)15-25-9-6-21(7-10-25)19(12-20(26)24-21)18-5-2-8-23-14-18/h1-5,8,11,14,19H,6-7,9-10,12,15H2,(H,24,26). The zero-order chi connectivity index (χ0) is 18.0. The van der Waals surface area contributed by atoms with Crippen molar-refractivity contribution in [2.24, 2.45) is 0 Å². The molecule has 2 saturated heterocycles. The first-order valence-electron chi connectivity index (χ1n) is 9.11. The van der Waals surface area contributed by atoms with Gasteiger partial charge in [-0.15, -0.1) is 0 Å². The fourth-order valence-electron chi connectivity index (χ4n) is 4.40. The first kappa shape index (κ1) is 16.7. The average molecular weight is 346 g/mol. The molecule has 1 aromatic carbocycles.